The van der Waals surface area contributed by atoms with E-state index < -0.39 is 5.91 Å². The maximum atomic E-state index is 12.2. The highest BCUT2D eigenvalue weighted by atomic mass is 35.5. The normalized spacial score (nSPS) is 11.0. The highest BCUT2D eigenvalue weighted by molar-refractivity contribution is 6.41. The molecule has 9 heteroatoms. The summed E-state index contributed by atoms with van der Waals surface area (Å²) in [6, 6.07) is 15.4. The van der Waals surface area contributed by atoms with Crippen molar-refractivity contribution in [1.29, 1.82) is 5.26 Å². The van der Waals surface area contributed by atoms with E-state index in [1.54, 1.807) is 12.3 Å². The molecule has 2 aromatic carbocycles. The number of amides is 1. The van der Waals surface area contributed by atoms with Crippen molar-refractivity contribution in [1.82, 2.24) is 15.0 Å². The van der Waals surface area contributed by atoms with Crippen LogP contribution in [0.25, 0.3) is 10.9 Å². The van der Waals surface area contributed by atoms with E-state index in [0.29, 0.717) is 11.6 Å². The number of aromatic hydroxyl groups is 1. The van der Waals surface area contributed by atoms with Gasteiger partial charge in [-0.2, -0.15) is 10.4 Å². The maximum absolute atomic E-state index is 12.2. The second kappa shape index (κ2) is 9.10. The summed E-state index contributed by atoms with van der Waals surface area (Å²) in [6.07, 6.45) is 5.19. The van der Waals surface area contributed by atoms with Crippen LogP contribution in [-0.4, -0.2) is 26.8 Å². The van der Waals surface area contributed by atoms with Gasteiger partial charge >= 0.3 is 0 Å². The minimum absolute atomic E-state index is 0.0215. The third-order valence-corrected chi connectivity index (χ3v) is 5.45. The lowest BCUT2D eigenvalue weighted by Crippen LogP contribution is -2.17. The number of halogens is 2. The molecule has 0 spiro atoms. The van der Waals surface area contributed by atoms with Gasteiger partial charge in [-0.25, -0.2) is 10.4 Å². The second-order valence-electron chi connectivity index (χ2n) is 6.92. The van der Waals surface area contributed by atoms with Crippen LogP contribution >= 0.6 is 23.2 Å². The highest BCUT2D eigenvalue weighted by Gasteiger charge is 2.09. The van der Waals surface area contributed by atoms with E-state index >= 15 is 0 Å². The molecule has 0 radical (unpaired) electrons. The van der Waals surface area contributed by atoms with Crippen LogP contribution in [0.1, 0.15) is 27.0 Å². The summed E-state index contributed by atoms with van der Waals surface area (Å²) in [4.78, 5) is 16.3. The number of hydrogen-bond donors (Lipinski definition) is 2. The molecule has 0 aliphatic heterocycles. The summed E-state index contributed by atoms with van der Waals surface area (Å²) in [7, 11) is 0. The number of phenols is 1. The number of aromatic nitrogens is 2. The molecule has 1 amide bonds. The first-order chi connectivity index (χ1) is 15.4. The van der Waals surface area contributed by atoms with Gasteiger partial charge in [-0.15, -0.1) is 0 Å². The number of nitriles is 1. The molecule has 32 heavy (non-hydrogen) atoms. The molecule has 0 atom stereocenters. The first-order valence-electron chi connectivity index (χ1n) is 9.40. The number of rotatable bonds is 5. The summed E-state index contributed by atoms with van der Waals surface area (Å²) in [5, 5.41) is 24.2. The molecule has 0 saturated carbocycles. The largest absolute Gasteiger partial charge is 0.507 e. The van der Waals surface area contributed by atoms with E-state index in [1.807, 2.05) is 36.5 Å². The van der Waals surface area contributed by atoms with Crippen LogP contribution in [0.15, 0.2) is 66.0 Å². The number of fused-ring (bicyclic) bond motifs is 1. The van der Waals surface area contributed by atoms with E-state index in [-0.39, 0.29) is 22.0 Å². The molecule has 4 rings (SSSR count). The third kappa shape index (κ3) is 4.57. The molecule has 7 nitrogen and oxygen atoms in total. The molecule has 0 aliphatic carbocycles. The van der Waals surface area contributed by atoms with Gasteiger partial charge in [-0.1, -0.05) is 29.3 Å². The van der Waals surface area contributed by atoms with Crippen LogP contribution in [0, 0.1) is 11.3 Å². The summed E-state index contributed by atoms with van der Waals surface area (Å²) in [5.41, 5.74) is 5.41. The van der Waals surface area contributed by atoms with Gasteiger partial charge in [0, 0.05) is 35.4 Å². The van der Waals surface area contributed by atoms with Gasteiger partial charge in [0.1, 0.15) is 17.0 Å². The van der Waals surface area contributed by atoms with E-state index in [1.165, 1.54) is 24.4 Å². The number of nitrogens with one attached hydrogen (secondary N) is 1. The van der Waals surface area contributed by atoms with Crippen molar-refractivity contribution < 1.29 is 9.90 Å². The molecular weight excluding hydrogens is 449 g/mol. The SMILES string of the molecule is N#Cc1cc(C(=O)N/N=C/c2ccc3c(ccn3Cc3cnc(Cl)c(Cl)c3)c2)ccc1O. The number of carbonyl (C=O) groups excluding carboxylic acids is 1. The fourth-order valence-corrected chi connectivity index (χ4v) is 3.47. The van der Waals surface area contributed by atoms with E-state index in [0.717, 1.165) is 22.0 Å². The molecule has 0 unspecified atom stereocenters. The Hall–Kier alpha value is -3.86. The topological polar surface area (TPSA) is 103 Å². The van der Waals surface area contributed by atoms with Crippen molar-refractivity contribution >= 4 is 46.2 Å². The van der Waals surface area contributed by atoms with Crippen molar-refractivity contribution in [2.24, 2.45) is 5.10 Å². The lowest BCUT2D eigenvalue weighted by atomic mass is 10.1. The van der Waals surface area contributed by atoms with Gasteiger partial charge in [0.05, 0.1) is 16.8 Å². The van der Waals surface area contributed by atoms with Gasteiger partial charge in [0.15, 0.2) is 0 Å². The molecule has 2 aromatic heterocycles. The zero-order valence-corrected chi connectivity index (χ0v) is 18.0. The third-order valence-electron chi connectivity index (χ3n) is 4.76. The van der Waals surface area contributed by atoms with Crippen LogP contribution in [0.5, 0.6) is 5.75 Å². The van der Waals surface area contributed by atoms with Crippen molar-refractivity contribution in [3.8, 4) is 11.8 Å². The number of pyridine rings is 1. The lowest BCUT2D eigenvalue weighted by Gasteiger charge is -2.07. The molecule has 0 bridgehead atoms. The quantitative estimate of drug-likeness (QED) is 0.253. The average Bonchev–Trinajstić information content (AvgIpc) is 3.18. The van der Waals surface area contributed by atoms with Gasteiger partial charge in [-0.05, 0) is 53.6 Å². The summed E-state index contributed by atoms with van der Waals surface area (Å²) < 4.78 is 2.07. The summed E-state index contributed by atoms with van der Waals surface area (Å²) in [6.45, 7) is 0.591. The molecule has 158 valence electrons. The zero-order valence-electron chi connectivity index (χ0n) is 16.5. The Kier molecular flexibility index (Phi) is 6.08. The van der Waals surface area contributed by atoms with Gasteiger partial charge in [0.25, 0.3) is 5.91 Å². The van der Waals surface area contributed by atoms with E-state index in [2.05, 4.69) is 20.1 Å². The Morgan fingerprint density at radius 1 is 1.22 bits per heavy atom. The highest BCUT2D eigenvalue weighted by Crippen LogP contribution is 2.23. The minimum Gasteiger partial charge on any atom is -0.507 e. The van der Waals surface area contributed by atoms with Crippen molar-refractivity contribution in [3.05, 3.63) is 93.4 Å². The molecule has 2 heterocycles. The zero-order chi connectivity index (χ0) is 22.7. The Balaban J connectivity index is 1.46. The van der Waals surface area contributed by atoms with Gasteiger partial charge in [-0.3, -0.25) is 4.79 Å². The number of nitrogens with zero attached hydrogens (tertiary/aromatic N) is 4. The molecule has 4 aromatic rings. The maximum Gasteiger partial charge on any atom is 0.271 e. The van der Waals surface area contributed by atoms with Crippen LogP contribution < -0.4 is 5.43 Å². The van der Waals surface area contributed by atoms with Crippen LogP contribution in [0.2, 0.25) is 10.2 Å². The Labute approximate surface area is 193 Å². The Bertz CT molecular complexity index is 1410. The minimum atomic E-state index is -0.486. The number of hydrazone groups is 1. The van der Waals surface area contributed by atoms with Crippen molar-refractivity contribution in [3.63, 3.8) is 0 Å². The van der Waals surface area contributed by atoms with E-state index in [4.69, 9.17) is 28.5 Å². The standard InChI is InChI=1S/C23H15Cl2N5O2/c24-19-8-15(11-27-22(19)25)13-30-6-5-16-7-14(1-3-20(16)30)12-28-29-23(32)17-2-4-21(31)18(9-17)10-26/h1-9,11-12,31H,13H2,(H,29,32)/b28-12+. The molecule has 0 saturated heterocycles. The summed E-state index contributed by atoms with van der Waals surface area (Å²) >= 11 is 11.9. The fraction of sp³-hybridized carbons (Fsp3) is 0.0435. The molecular formula is C23H15Cl2N5O2. The van der Waals surface area contributed by atoms with Crippen LogP contribution in [-0.2, 0) is 6.54 Å². The van der Waals surface area contributed by atoms with E-state index in [9.17, 15) is 9.90 Å². The van der Waals surface area contributed by atoms with Gasteiger partial charge < -0.3 is 9.67 Å². The fourth-order valence-electron chi connectivity index (χ4n) is 3.18. The average molecular weight is 464 g/mol. The molecule has 2 N–H and O–H groups in total. The van der Waals surface area contributed by atoms with Crippen molar-refractivity contribution in [2.45, 2.75) is 6.54 Å². The summed E-state index contributed by atoms with van der Waals surface area (Å²) in [5.74, 6) is -0.663. The Morgan fingerprint density at radius 2 is 2.06 bits per heavy atom. The Morgan fingerprint density at radius 3 is 2.84 bits per heavy atom. The predicted molar refractivity (Wildman–Crippen MR) is 123 cm³/mol. The second-order valence-corrected chi connectivity index (χ2v) is 7.69. The number of benzene rings is 2. The van der Waals surface area contributed by atoms with Crippen LogP contribution in [0.4, 0.5) is 0 Å². The number of hydrogen-bond acceptors (Lipinski definition) is 5. The number of carbonyl (C=O) groups is 1. The predicted octanol–water partition coefficient (Wildman–Crippen LogP) is 4.73. The molecule has 0 aliphatic rings. The van der Waals surface area contributed by atoms with Gasteiger partial charge in [0.2, 0.25) is 0 Å². The first-order valence-corrected chi connectivity index (χ1v) is 10.2. The van der Waals surface area contributed by atoms with Crippen LogP contribution in [0.3, 0.4) is 0 Å². The monoisotopic (exact) mass is 463 g/mol. The smallest absolute Gasteiger partial charge is 0.271 e. The first kappa shape index (κ1) is 21.4. The lowest BCUT2D eigenvalue weighted by molar-refractivity contribution is 0.0955. The number of phenolic OH excluding ortho intramolecular Hbond substituents is 1. The molecule has 0 fully saturated rings. The van der Waals surface area contributed by atoms with Crippen molar-refractivity contribution in [2.75, 3.05) is 0 Å².